The molecule has 0 amide bonds. The minimum atomic E-state index is -4.38. The molecule has 0 saturated carbocycles. The Kier molecular flexibility index (Phi) is 4.23. The van der Waals surface area contributed by atoms with Crippen molar-refractivity contribution in [3.63, 3.8) is 0 Å². The number of aryl methyl sites for hydroxylation is 1. The van der Waals surface area contributed by atoms with Crippen molar-refractivity contribution in [3.05, 3.63) is 40.4 Å². The Balaban J connectivity index is 2.44. The van der Waals surface area contributed by atoms with Crippen LogP contribution in [0.15, 0.2) is 24.3 Å². The summed E-state index contributed by atoms with van der Waals surface area (Å²) in [6.45, 7) is 1.97. The van der Waals surface area contributed by atoms with Gasteiger partial charge in [0.25, 0.3) is 0 Å². The Morgan fingerprint density at radius 2 is 2.10 bits per heavy atom. The quantitative estimate of drug-likeness (QED) is 0.773. The van der Waals surface area contributed by atoms with Crippen LogP contribution < -0.4 is 0 Å². The lowest BCUT2D eigenvalue weighted by Gasteiger charge is -2.07. The molecule has 1 aromatic heterocycles. The highest BCUT2D eigenvalue weighted by Gasteiger charge is 2.30. The normalized spacial score (nSPS) is 11.6. The summed E-state index contributed by atoms with van der Waals surface area (Å²) in [7, 11) is 0. The topological polar surface area (TPSA) is 30.0 Å². The van der Waals surface area contributed by atoms with Crippen molar-refractivity contribution in [3.8, 4) is 10.6 Å². The monoisotopic (exact) mass is 299 g/mol. The maximum absolute atomic E-state index is 12.7. The largest absolute Gasteiger partial charge is 0.416 e. The van der Waals surface area contributed by atoms with Gasteiger partial charge in [-0.05, 0) is 18.6 Å². The molecular weight excluding hydrogens is 287 g/mol. The van der Waals surface area contributed by atoms with Crippen LogP contribution in [0.1, 0.15) is 34.3 Å². The number of aromatic nitrogens is 1. The van der Waals surface area contributed by atoms with Crippen LogP contribution in [-0.4, -0.2) is 11.3 Å². The molecule has 0 unspecified atom stereocenters. The molecule has 0 aliphatic rings. The van der Waals surface area contributed by atoms with Gasteiger partial charge in [-0.3, -0.25) is 4.79 Å². The van der Waals surface area contributed by atoms with E-state index in [-0.39, 0.29) is 0 Å². The van der Waals surface area contributed by atoms with Crippen LogP contribution in [0.4, 0.5) is 13.2 Å². The van der Waals surface area contributed by atoms with Crippen molar-refractivity contribution >= 4 is 17.6 Å². The number of carbonyl (C=O) groups excluding carboxylic acids is 1. The van der Waals surface area contributed by atoms with E-state index >= 15 is 0 Å². The van der Waals surface area contributed by atoms with E-state index in [0.717, 1.165) is 23.4 Å². The predicted octanol–water partition coefficient (Wildman–Crippen LogP) is 4.59. The summed E-state index contributed by atoms with van der Waals surface area (Å²) in [5, 5.41) is 0.446. The van der Waals surface area contributed by atoms with E-state index in [0.29, 0.717) is 29.0 Å². The lowest BCUT2D eigenvalue weighted by atomic mass is 10.1. The van der Waals surface area contributed by atoms with Gasteiger partial charge in [0.2, 0.25) is 0 Å². The number of halogens is 3. The molecule has 0 saturated heterocycles. The first-order chi connectivity index (χ1) is 9.45. The maximum Gasteiger partial charge on any atom is 0.416 e. The van der Waals surface area contributed by atoms with E-state index in [1.165, 1.54) is 17.4 Å². The van der Waals surface area contributed by atoms with Crippen molar-refractivity contribution in [2.24, 2.45) is 0 Å². The van der Waals surface area contributed by atoms with E-state index in [2.05, 4.69) is 4.98 Å². The summed E-state index contributed by atoms with van der Waals surface area (Å²) in [5.74, 6) is 0. The van der Waals surface area contributed by atoms with Gasteiger partial charge in [-0.15, -0.1) is 11.3 Å². The highest BCUT2D eigenvalue weighted by molar-refractivity contribution is 7.15. The molecule has 106 valence electrons. The second-order valence-corrected chi connectivity index (χ2v) is 5.36. The van der Waals surface area contributed by atoms with Crippen LogP contribution >= 0.6 is 11.3 Å². The SMILES string of the molecule is CCCc1sc(-c2cccc(C(F)(F)F)c2)nc1C=O. The number of thiazole rings is 1. The van der Waals surface area contributed by atoms with Crippen LogP contribution in [0.3, 0.4) is 0 Å². The van der Waals surface area contributed by atoms with Gasteiger partial charge >= 0.3 is 6.18 Å². The molecule has 0 aliphatic heterocycles. The summed E-state index contributed by atoms with van der Waals surface area (Å²) in [4.78, 5) is 15.9. The van der Waals surface area contributed by atoms with Gasteiger partial charge in [-0.1, -0.05) is 25.5 Å². The van der Waals surface area contributed by atoms with Crippen molar-refractivity contribution in [2.75, 3.05) is 0 Å². The van der Waals surface area contributed by atoms with Gasteiger partial charge in [0, 0.05) is 10.4 Å². The zero-order valence-electron chi connectivity index (χ0n) is 10.7. The Morgan fingerprint density at radius 1 is 1.35 bits per heavy atom. The molecule has 0 radical (unpaired) electrons. The smallest absolute Gasteiger partial charge is 0.296 e. The molecule has 0 bridgehead atoms. The van der Waals surface area contributed by atoms with Gasteiger partial charge in [0.1, 0.15) is 10.7 Å². The Bertz CT molecular complexity index is 619. The fourth-order valence-electron chi connectivity index (χ4n) is 1.81. The minimum Gasteiger partial charge on any atom is -0.296 e. The van der Waals surface area contributed by atoms with E-state index in [9.17, 15) is 18.0 Å². The third-order valence-corrected chi connectivity index (χ3v) is 3.93. The Morgan fingerprint density at radius 3 is 2.70 bits per heavy atom. The lowest BCUT2D eigenvalue weighted by molar-refractivity contribution is -0.137. The number of nitrogens with zero attached hydrogens (tertiary/aromatic N) is 1. The number of alkyl halides is 3. The summed E-state index contributed by atoms with van der Waals surface area (Å²) < 4.78 is 38.0. The van der Waals surface area contributed by atoms with Crippen molar-refractivity contribution < 1.29 is 18.0 Å². The number of hydrogen-bond donors (Lipinski definition) is 0. The fourth-order valence-corrected chi connectivity index (χ4v) is 2.94. The molecule has 2 aromatic rings. The van der Waals surface area contributed by atoms with Crippen LogP contribution in [0.2, 0.25) is 0 Å². The molecule has 1 aromatic carbocycles. The summed E-state index contributed by atoms with van der Waals surface area (Å²) in [5.41, 5.74) is -0.00515. The molecule has 0 aliphatic carbocycles. The average Bonchev–Trinajstić information content (AvgIpc) is 2.82. The average molecular weight is 299 g/mol. The van der Waals surface area contributed by atoms with Crippen LogP contribution in [-0.2, 0) is 12.6 Å². The van der Waals surface area contributed by atoms with Crippen LogP contribution in [0, 0.1) is 0 Å². The molecule has 0 fully saturated rings. The predicted molar refractivity (Wildman–Crippen MR) is 71.9 cm³/mol. The van der Waals surface area contributed by atoms with E-state index in [1.54, 1.807) is 6.07 Å². The first-order valence-corrected chi connectivity index (χ1v) is 6.90. The zero-order chi connectivity index (χ0) is 14.8. The fraction of sp³-hybridized carbons (Fsp3) is 0.286. The highest BCUT2D eigenvalue weighted by Crippen LogP contribution is 2.34. The first-order valence-electron chi connectivity index (χ1n) is 6.08. The van der Waals surface area contributed by atoms with Crippen LogP contribution in [0.5, 0.6) is 0 Å². The van der Waals surface area contributed by atoms with Gasteiger partial charge in [-0.25, -0.2) is 4.98 Å². The standard InChI is InChI=1S/C14H12F3NOS/c1-2-4-12-11(8-19)18-13(20-12)9-5-3-6-10(7-9)14(15,16)17/h3,5-8H,2,4H2,1H3. The Hall–Kier alpha value is -1.69. The number of rotatable bonds is 4. The zero-order valence-corrected chi connectivity index (χ0v) is 11.5. The summed E-state index contributed by atoms with van der Waals surface area (Å²) in [6, 6.07) is 4.99. The van der Waals surface area contributed by atoms with Crippen molar-refractivity contribution in [1.29, 1.82) is 0 Å². The third kappa shape index (κ3) is 3.07. The van der Waals surface area contributed by atoms with Crippen molar-refractivity contribution in [2.45, 2.75) is 25.9 Å². The lowest BCUT2D eigenvalue weighted by Crippen LogP contribution is -2.04. The van der Waals surface area contributed by atoms with Gasteiger partial charge in [-0.2, -0.15) is 13.2 Å². The molecule has 0 N–H and O–H groups in total. The van der Waals surface area contributed by atoms with Gasteiger partial charge in [0.15, 0.2) is 6.29 Å². The van der Waals surface area contributed by atoms with Crippen LogP contribution in [0.25, 0.3) is 10.6 Å². The molecule has 2 nitrogen and oxygen atoms in total. The second-order valence-electron chi connectivity index (χ2n) is 4.27. The number of benzene rings is 1. The Labute approximate surface area is 118 Å². The molecule has 6 heteroatoms. The molecule has 1 heterocycles. The van der Waals surface area contributed by atoms with Gasteiger partial charge in [0.05, 0.1) is 5.56 Å². The van der Waals surface area contributed by atoms with Crippen molar-refractivity contribution in [1.82, 2.24) is 4.98 Å². The van der Waals surface area contributed by atoms with Gasteiger partial charge < -0.3 is 0 Å². The molecule has 2 rings (SSSR count). The number of carbonyl (C=O) groups is 1. The van der Waals surface area contributed by atoms with E-state index in [1.807, 2.05) is 6.92 Å². The van der Waals surface area contributed by atoms with E-state index < -0.39 is 11.7 Å². The molecular formula is C14H12F3NOS. The van der Waals surface area contributed by atoms with E-state index in [4.69, 9.17) is 0 Å². The first kappa shape index (κ1) is 14.7. The molecule has 0 atom stereocenters. The maximum atomic E-state index is 12.7. The third-order valence-electron chi connectivity index (χ3n) is 2.75. The minimum absolute atomic E-state index is 0.323. The molecule has 20 heavy (non-hydrogen) atoms. The second kappa shape index (κ2) is 5.75. The number of aldehydes is 1. The number of hydrogen-bond acceptors (Lipinski definition) is 3. The highest BCUT2D eigenvalue weighted by atomic mass is 32.1. The molecule has 0 spiro atoms. The summed E-state index contributed by atoms with van der Waals surface area (Å²) >= 11 is 1.27. The summed E-state index contributed by atoms with van der Waals surface area (Å²) in [6.07, 6.45) is -2.18.